The van der Waals surface area contributed by atoms with E-state index in [0.29, 0.717) is 18.2 Å². The molecule has 0 fully saturated rings. The van der Waals surface area contributed by atoms with E-state index in [9.17, 15) is 5.11 Å². The molecule has 0 spiro atoms. The lowest BCUT2D eigenvalue weighted by molar-refractivity contribution is 0.263. The van der Waals surface area contributed by atoms with Crippen LogP contribution in [0.15, 0.2) is 36.7 Å². The fourth-order valence-electron chi connectivity index (χ4n) is 2.66. The van der Waals surface area contributed by atoms with Crippen LogP contribution in [0.25, 0.3) is 11.2 Å². The van der Waals surface area contributed by atoms with Crippen LogP contribution in [-0.4, -0.2) is 37.8 Å². The average molecular weight is 340 g/mol. The van der Waals surface area contributed by atoms with Gasteiger partial charge in [-0.2, -0.15) is 0 Å². The van der Waals surface area contributed by atoms with E-state index in [1.807, 2.05) is 22.8 Å². The molecule has 0 aliphatic heterocycles. The second-order valence-electron chi connectivity index (χ2n) is 6.30. The Morgan fingerprint density at radius 2 is 1.96 bits per heavy atom. The van der Waals surface area contributed by atoms with Crippen LogP contribution in [0.4, 0.5) is 5.82 Å². The Bertz CT molecular complexity index is 826. The van der Waals surface area contributed by atoms with E-state index < -0.39 is 0 Å². The predicted molar refractivity (Wildman–Crippen MR) is 98.4 cm³/mol. The zero-order chi connectivity index (χ0) is 17.8. The van der Waals surface area contributed by atoms with Gasteiger partial charge in [-0.15, -0.1) is 0 Å². The molecule has 3 rings (SSSR count). The van der Waals surface area contributed by atoms with Gasteiger partial charge in [0.1, 0.15) is 11.3 Å². The Balaban J connectivity index is 2.02. The van der Waals surface area contributed by atoms with Crippen molar-refractivity contribution in [1.82, 2.24) is 19.5 Å². The van der Waals surface area contributed by atoms with Gasteiger partial charge >= 0.3 is 0 Å². The Hall–Kier alpha value is -2.51. The summed E-state index contributed by atoms with van der Waals surface area (Å²) in [4.78, 5) is 13.7. The van der Waals surface area contributed by atoms with Gasteiger partial charge in [0.25, 0.3) is 0 Å². The maximum atomic E-state index is 9.58. The lowest BCUT2D eigenvalue weighted by Crippen LogP contribution is -2.20. The van der Waals surface area contributed by atoms with Crippen LogP contribution in [0.1, 0.15) is 37.2 Å². The maximum absolute atomic E-state index is 9.58. The minimum absolute atomic E-state index is 0.0874. The van der Waals surface area contributed by atoms with E-state index in [0.717, 1.165) is 16.7 Å². The van der Waals surface area contributed by atoms with Crippen LogP contribution in [0, 0.1) is 0 Å². The molecule has 1 aromatic carbocycles. The standard InChI is InChI=1S/C18H24N6O/c1-12(2)24-11-21-15-17(20-9-13-6-4-3-5-7-13)22-16(23-18(15)24)14(8-19)10-25/h3-7,11-12,14,25H,8-10,19H2,1-2H3,(H,20,22,23). The largest absolute Gasteiger partial charge is 0.396 e. The average Bonchev–Trinajstić information content (AvgIpc) is 3.06. The Labute approximate surface area is 146 Å². The molecule has 25 heavy (non-hydrogen) atoms. The van der Waals surface area contributed by atoms with Crippen molar-refractivity contribution in [2.45, 2.75) is 32.4 Å². The molecule has 3 aromatic rings. The minimum Gasteiger partial charge on any atom is -0.396 e. The number of hydrogen-bond donors (Lipinski definition) is 3. The van der Waals surface area contributed by atoms with E-state index in [-0.39, 0.29) is 25.1 Å². The molecular formula is C18H24N6O. The number of aromatic nitrogens is 4. The molecule has 7 heteroatoms. The van der Waals surface area contributed by atoms with Crippen molar-refractivity contribution in [3.8, 4) is 0 Å². The maximum Gasteiger partial charge on any atom is 0.166 e. The van der Waals surface area contributed by atoms with Crippen LogP contribution in [0.5, 0.6) is 0 Å². The highest BCUT2D eigenvalue weighted by molar-refractivity contribution is 5.83. The topological polar surface area (TPSA) is 102 Å². The molecule has 2 heterocycles. The molecule has 1 unspecified atom stereocenters. The number of anilines is 1. The number of rotatable bonds is 7. The molecule has 0 aliphatic carbocycles. The molecule has 0 saturated heterocycles. The molecule has 132 valence electrons. The highest BCUT2D eigenvalue weighted by atomic mass is 16.3. The zero-order valence-corrected chi connectivity index (χ0v) is 14.6. The number of nitrogens with two attached hydrogens (primary N) is 1. The lowest BCUT2D eigenvalue weighted by atomic mass is 10.1. The van der Waals surface area contributed by atoms with E-state index in [2.05, 4.69) is 46.2 Å². The van der Waals surface area contributed by atoms with Crippen LogP contribution in [-0.2, 0) is 6.54 Å². The van der Waals surface area contributed by atoms with E-state index in [1.165, 1.54) is 0 Å². The highest BCUT2D eigenvalue weighted by Crippen LogP contribution is 2.24. The number of benzene rings is 1. The molecule has 2 aromatic heterocycles. The Morgan fingerprint density at radius 1 is 1.20 bits per heavy atom. The number of aliphatic hydroxyl groups excluding tert-OH is 1. The quantitative estimate of drug-likeness (QED) is 0.608. The van der Waals surface area contributed by atoms with E-state index >= 15 is 0 Å². The number of imidazole rings is 1. The van der Waals surface area contributed by atoms with Crippen molar-refractivity contribution >= 4 is 17.0 Å². The first-order valence-corrected chi connectivity index (χ1v) is 8.47. The SMILES string of the molecule is CC(C)n1cnc2c(NCc3ccccc3)nc(C(CN)CO)nc21. The number of nitrogens with one attached hydrogen (secondary N) is 1. The molecule has 0 radical (unpaired) electrons. The molecule has 0 aliphatic rings. The van der Waals surface area contributed by atoms with Crippen molar-refractivity contribution in [3.05, 3.63) is 48.0 Å². The molecule has 0 saturated carbocycles. The first kappa shape index (κ1) is 17.3. The summed E-state index contributed by atoms with van der Waals surface area (Å²) in [7, 11) is 0. The molecule has 4 N–H and O–H groups in total. The number of aliphatic hydroxyl groups is 1. The second kappa shape index (κ2) is 7.58. The van der Waals surface area contributed by atoms with Crippen LogP contribution in [0.3, 0.4) is 0 Å². The van der Waals surface area contributed by atoms with Crippen molar-refractivity contribution in [2.24, 2.45) is 5.73 Å². The monoisotopic (exact) mass is 340 g/mol. The zero-order valence-electron chi connectivity index (χ0n) is 14.6. The fraction of sp³-hybridized carbons (Fsp3) is 0.389. The normalized spacial score (nSPS) is 12.7. The molecule has 7 nitrogen and oxygen atoms in total. The van der Waals surface area contributed by atoms with Crippen LogP contribution < -0.4 is 11.1 Å². The van der Waals surface area contributed by atoms with Crippen molar-refractivity contribution in [3.63, 3.8) is 0 Å². The number of hydrogen-bond acceptors (Lipinski definition) is 6. The number of fused-ring (bicyclic) bond motifs is 1. The van der Waals surface area contributed by atoms with E-state index in [1.54, 1.807) is 6.33 Å². The summed E-state index contributed by atoms with van der Waals surface area (Å²) in [5.74, 6) is 0.905. The van der Waals surface area contributed by atoms with Gasteiger partial charge < -0.3 is 20.7 Å². The summed E-state index contributed by atoms with van der Waals surface area (Å²) in [5.41, 5.74) is 8.39. The summed E-state index contributed by atoms with van der Waals surface area (Å²) in [6, 6.07) is 10.3. The third kappa shape index (κ3) is 3.62. The van der Waals surface area contributed by atoms with Gasteiger partial charge in [-0.3, -0.25) is 0 Å². The Kier molecular flexibility index (Phi) is 5.25. The lowest BCUT2D eigenvalue weighted by Gasteiger charge is -2.14. The summed E-state index contributed by atoms with van der Waals surface area (Å²) in [6.07, 6.45) is 1.78. The summed E-state index contributed by atoms with van der Waals surface area (Å²) < 4.78 is 2.00. The van der Waals surface area contributed by atoms with Gasteiger partial charge in [-0.25, -0.2) is 15.0 Å². The van der Waals surface area contributed by atoms with Gasteiger partial charge in [0.2, 0.25) is 0 Å². The molecule has 1 atom stereocenters. The third-order valence-corrected chi connectivity index (χ3v) is 4.17. The smallest absolute Gasteiger partial charge is 0.166 e. The van der Waals surface area contributed by atoms with Crippen LogP contribution >= 0.6 is 0 Å². The minimum atomic E-state index is -0.294. The summed E-state index contributed by atoms with van der Waals surface area (Å²) in [6.45, 7) is 4.98. The Morgan fingerprint density at radius 3 is 2.60 bits per heavy atom. The molecular weight excluding hydrogens is 316 g/mol. The fourth-order valence-corrected chi connectivity index (χ4v) is 2.66. The summed E-state index contributed by atoms with van der Waals surface area (Å²) >= 11 is 0. The van der Waals surface area contributed by atoms with Gasteiger partial charge in [-0.1, -0.05) is 30.3 Å². The van der Waals surface area contributed by atoms with Crippen LogP contribution in [0.2, 0.25) is 0 Å². The first-order valence-electron chi connectivity index (χ1n) is 8.47. The van der Waals surface area contributed by atoms with Crippen molar-refractivity contribution < 1.29 is 5.11 Å². The first-order chi connectivity index (χ1) is 12.1. The van der Waals surface area contributed by atoms with Gasteiger partial charge in [0, 0.05) is 19.1 Å². The van der Waals surface area contributed by atoms with Gasteiger partial charge in [0.15, 0.2) is 11.5 Å². The van der Waals surface area contributed by atoms with Gasteiger partial charge in [-0.05, 0) is 19.4 Å². The number of nitrogens with zero attached hydrogens (tertiary/aromatic N) is 4. The molecule has 0 amide bonds. The summed E-state index contributed by atoms with van der Waals surface area (Å²) in [5, 5.41) is 12.9. The molecule has 0 bridgehead atoms. The van der Waals surface area contributed by atoms with Gasteiger partial charge in [0.05, 0.1) is 18.9 Å². The third-order valence-electron chi connectivity index (χ3n) is 4.17. The second-order valence-corrected chi connectivity index (χ2v) is 6.30. The van der Waals surface area contributed by atoms with Crippen molar-refractivity contribution in [2.75, 3.05) is 18.5 Å². The van der Waals surface area contributed by atoms with Crippen molar-refractivity contribution in [1.29, 1.82) is 0 Å². The van der Waals surface area contributed by atoms with E-state index in [4.69, 9.17) is 5.73 Å². The highest BCUT2D eigenvalue weighted by Gasteiger charge is 2.19. The predicted octanol–water partition coefficient (Wildman–Crippen LogP) is 2.05.